The first kappa shape index (κ1) is 13.9. The highest BCUT2D eigenvalue weighted by Gasteiger charge is 2.44. The van der Waals surface area contributed by atoms with Crippen molar-refractivity contribution in [3.8, 4) is 0 Å². The number of anilines is 1. The largest absolute Gasteiger partial charge is 0.387 e. The number of aliphatic hydroxyl groups is 2. The van der Waals surface area contributed by atoms with Crippen molar-refractivity contribution in [2.45, 2.75) is 31.5 Å². The Morgan fingerprint density at radius 3 is 2.84 bits per heavy atom. The molecule has 0 saturated carbocycles. The van der Waals surface area contributed by atoms with Crippen LogP contribution in [0.25, 0.3) is 0 Å². The quantitative estimate of drug-likeness (QED) is 0.605. The minimum atomic E-state index is -1.23. The van der Waals surface area contributed by atoms with Crippen LogP contribution in [0.1, 0.15) is 11.8 Å². The highest BCUT2D eigenvalue weighted by atomic mass is 16.6. The number of ether oxygens (including phenoxy) is 2. The molecule has 0 amide bonds. The molecule has 1 aliphatic rings. The van der Waals surface area contributed by atoms with E-state index in [9.17, 15) is 15.0 Å². The average molecular weight is 271 g/mol. The highest BCUT2D eigenvalue weighted by Crippen LogP contribution is 2.28. The van der Waals surface area contributed by atoms with E-state index < -0.39 is 30.2 Å². The van der Waals surface area contributed by atoms with Gasteiger partial charge in [-0.05, 0) is 6.92 Å². The average Bonchev–Trinajstić information content (AvgIpc) is 2.63. The lowest BCUT2D eigenvalue weighted by molar-refractivity contribution is -0.0614. The zero-order chi connectivity index (χ0) is 14.2. The first-order chi connectivity index (χ1) is 8.95. The summed E-state index contributed by atoms with van der Waals surface area (Å²) in [5, 5.41) is 19.8. The van der Waals surface area contributed by atoms with Crippen LogP contribution < -0.4 is 11.4 Å². The van der Waals surface area contributed by atoms with E-state index in [0.29, 0.717) is 5.56 Å². The summed E-state index contributed by atoms with van der Waals surface area (Å²) in [6, 6.07) is 0. The lowest BCUT2D eigenvalue weighted by Gasteiger charge is -2.17. The van der Waals surface area contributed by atoms with Crippen LogP contribution >= 0.6 is 0 Å². The topological polar surface area (TPSA) is 120 Å². The molecule has 0 unspecified atom stereocenters. The van der Waals surface area contributed by atoms with Gasteiger partial charge < -0.3 is 25.4 Å². The Kier molecular flexibility index (Phi) is 3.85. The van der Waals surface area contributed by atoms with Crippen LogP contribution in [0.5, 0.6) is 0 Å². The predicted octanol–water partition coefficient (Wildman–Crippen LogP) is -1.60. The molecule has 2 heterocycles. The van der Waals surface area contributed by atoms with Crippen LogP contribution in [0.3, 0.4) is 0 Å². The molecular weight excluding hydrogens is 254 g/mol. The maximum Gasteiger partial charge on any atom is 0.351 e. The molecule has 1 fully saturated rings. The second kappa shape index (κ2) is 5.25. The smallest absolute Gasteiger partial charge is 0.351 e. The van der Waals surface area contributed by atoms with Gasteiger partial charge in [0.15, 0.2) is 6.23 Å². The van der Waals surface area contributed by atoms with E-state index in [1.54, 1.807) is 6.92 Å². The fourth-order valence-electron chi connectivity index (χ4n) is 2.02. The van der Waals surface area contributed by atoms with E-state index in [1.807, 2.05) is 0 Å². The van der Waals surface area contributed by atoms with Crippen molar-refractivity contribution < 1.29 is 19.7 Å². The highest BCUT2D eigenvalue weighted by molar-refractivity contribution is 5.35. The van der Waals surface area contributed by atoms with Gasteiger partial charge >= 0.3 is 5.69 Å². The zero-order valence-corrected chi connectivity index (χ0v) is 10.7. The molecule has 4 atom stereocenters. The minimum Gasteiger partial charge on any atom is -0.387 e. The van der Waals surface area contributed by atoms with Crippen LogP contribution in [-0.4, -0.2) is 51.8 Å². The first-order valence-corrected chi connectivity index (χ1v) is 5.81. The molecule has 4 N–H and O–H groups in total. The number of nitrogens with zero attached hydrogens (tertiary/aromatic N) is 2. The van der Waals surface area contributed by atoms with E-state index in [1.165, 1.54) is 13.3 Å². The van der Waals surface area contributed by atoms with Gasteiger partial charge in [-0.25, -0.2) is 4.79 Å². The Balaban J connectivity index is 2.33. The van der Waals surface area contributed by atoms with Crippen molar-refractivity contribution in [1.82, 2.24) is 9.55 Å². The van der Waals surface area contributed by atoms with E-state index >= 15 is 0 Å². The number of aliphatic hydroxyl groups excluding tert-OH is 2. The molecule has 1 saturated heterocycles. The number of rotatable bonds is 3. The van der Waals surface area contributed by atoms with Crippen molar-refractivity contribution in [1.29, 1.82) is 0 Å². The lowest BCUT2D eigenvalue weighted by atomic mass is 10.1. The summed E-state index contributed by atoms with van der Waals surface area (Å²) in [6.07, 6.45) is -2.62. The maximum atomic E-state index is 11.8. The van der Waals surface area contributed by atoms with Gasteiger partial charge in [0, 0.05) is 18.9 Å². The fraction of sp³-hybridized carbons (Fsp3) is 0.636. The minimum absolute atomic E-state index is 0.116. The third-order valence-electron chi connectivity index (χ3n) is 3.12. The Morgan fingerprint density at radius 1 is 1.53 bits per heavy atom. The van der Waals surface area contributed by atoms with Gasteiger partial charge in [-0.1, -0.05) is 0 Å². The Hall–Kier alpha value is -1.48. The first-order valence-electron chi connectivity index (χ1n) is 5.81. The number of hydrogen-bond acceptors (Lipinski definition) is 7. The summed E-state index contributed by atoms with van der Waals surface area (Å²) in [4.78, 5) is 15.4. The Bertz CT molecular complexity index is 518. The SMILES string of the molecule is COC[C@H]1O[C@@H](n2cc(C)c(N)nc2=O)[C@H](O)[C@@H]1O. The third-order valence-corrected chi connectivity index (χ3v) is 3.12. The van der Waals surface area contributed by atoms with Crippen molar-refractivity contribution in [2.24, 2.45) is 0 Å². The van der Waals surface area contributed by atoms with E-state index in [0.717, 1.165) is 4.57 Å². The number of nitrogen functional groups attached to an aromatic ring is 1. The molecule has 1 aliphatic heterocycles. The maximum absolute atomic E-state index is 11.8. The van der Waals surface area contributed by atoms with Crippen LogP contribution in [0.2, 0.25) is 0 Å². The second-order valence-electron chi connectivity index (χ2n) is 4.50. The van der Waals surface area contributed by atoms with Gasteiger partial charge in [0.25, 0.3) is 0 Å². The number of hydrogen-bond donors (Lipinski definition) is 3. The molecule has 8 nitrogen and oxygen atoms in total. The second-order valence-corrected chi connectivity index (χ2v) is 4.50. The summed E-state index contributed by atoms with van der Waals surface area (Å²) in [5.41, 5.74) is 5.47. The molecule has 19 heavy (non-hydrogen) atoms. The van der Waals surface area contributed by atoms with E-state index in [2.05, 4.69) is 4.98 Å². The molecule has 0 bridgehead atoms. The van der Waals surface area contributed by atoms with Gasteiger partial charge in [0.05, 0.1) is 6.61 Å². The van der Waals surface area contributed by atoms with Crippen molar-refractivity contribution in [2.75, 3.05) is 19.5 Å². The Labute approximate surface area is 109 Å². The monoisotopic (exact) mass is 271 g/mol. The lowest BCUT2D eigenvalue weighted by Crippen LogP contribution is -2.36. The van der Waals surface area contributed by atoms with Gasteiger partial charge in [-0.15, -0.1) is 0 Å². The third kappa shape index (κ3) is 2.47. The molecule has 2 rings (SSSR count). The van der Waals surface area contributed by atoms with Gasteiger partial charge in [-0.3, -0.25) is 4.57 Å². The van der Waals surface area contributed by atoms with Crippen molar-refractivity contribution >= 4 is 5.82 Å². The summed E-state index contributed by atoms with van der Waals surface area (Å²) in [5.74, 6) is 0.128. The fourth-order valence-corrected chi connectivity index (χ4v) is 2.02. The summed E-state index contributed by atoms with van der Waals surface area (Å²) < 4.78 is 11.4. The van der Waals surface area contributed by atoms with Gasteiger partial charge in [0.2, 0.25) is 0 Å². The molecule has 106 valence electrons. The number of nitrogens with two attached hydrogens (primary N) is 1. The normalized spacial score (nSPS) is 30.7. The van der Waals surface area contributed by atoms with Gasteiger partial charge in [0.1, 0.15) is 24.1 Å². The van der Waals surface area contributed by atoms with Crippen LogP contribution in [0.15, 0.2) is 11.0 Å². The van der Waals surface area contributed by atoms with Gasteiger partial charge in [-0.2, -0.15) is 4.98 Å². The summed E-state index contributed by atoms with van der Waals surface area (Å²) in [7, 11) is 1.46. The van der Waals surface area contributed by atoms with E-state index in [4.69, 9.17) is 15.2 Å². The van der Waals surface area contributed by atoms with Crippen molar-refractivity contribution in [3.05, 3.63) is 22.2 Å². The Morgan fingerprint density at radius 2 is 2.21 bits per heavy atom. The standard InChI is InChI=1S/C11H17N3O5/c1-5-3-14(11(17)13-9(5)12)10-8(16)7(15)6(19-10)4-18-2/h3,6-8,10,15-16H,4H2,1-2H3,(H2,12,13,17)/t6-,7-,8-,10-/m1/s1. The summed E-state index contributed by atoms with van der Waals surface area (Å²) >= 11 is 0. The van der Waals surface area contributed by atoms with Crippen LogP contribution in [0.4, 0.5) is 5.82 Å². The predicted molar refractivity (Wildman–Crippen MR) is 65.4 cm³/mol. The molecule has 0 aliphatic carbocycles. The summed E-state index contributed by atoms with van der Waals surface area (Å²) in [6.45, 7) is 1.80. The number of aromatic nitrogens is 2. The zero-order valence-electron chi connectivity index (χ0n) is 10.7. The van der Waals surface area contributed by atoms with Crippen LogP contribution in [0, 0.1) is 6.92 Å². The number of methoxy groups -OCH3 is 1. The molecule has 1 aromatic heterocycles. The molecule has 0 radical (unpaired) electrons. The molecule has 0 spiro atoms. The molecule has 1 aromatic rings. The van der Waals surface area contributed by atoms with E-state index in [-0.39, 0.29) is 12.4 Å². The molecule has 8 heteroatoms. The van der Waals surface area contributed by atoms with Crippen LogP contribution in [-0.2, 0) is 9.47 Å². The number of aryl methyl sites for hydroxylation is 1. The van der Waals surface area contributed by atoms with Crippen molar-refractivity contribution in [3.63, 3.8) is 0 Å². The molecular formula is C11H17N3O5. The molecule has 0 aromatic carbocycles.